The first-order chi connectivity index (χ1) is 15.6. The summed E-state index contributed by atoms with van der Waals surface area (Å²) in [6.07, 6.45) is 2.20. The van der Waals surface area contributed by atoms with E-state index in [4.69, 9.17) is 4.98 Å². The molecule has 0 aliphatic carbocycles. The van der Waals surface area contributed by atoms with Crippen molar-refractivity contribution >= 4 is 5.65 Å². The second kappa shape index (κ2) is 8.03. The molecule has 0 fully saturated rings. The molecule has 2 aromatic heterocycles. The zero-order valence-electron chi connectivity index (χ0n) is 17.1. The Morgan fingerprint density at radius 1 is 0.781 bits per heavy atom. The van der Waals surface area contributed by atoms with Gasteiger partial charge in [0.1, 0.15) is 11.5 Å². The molecule has 0 aliphatic heterocycles. The average Bonchev–Trinajstić information content (AvgIpc) is 3.12. The van der Waals surface area contributed by atoms with Gasteiger partial charge >= 0.3 is 5.69 Å². The topological polar surface area (TPSA) is 92.7 Å². The first-order valence-corrected chi connectivity index (χ1v) is 10.2. The van der Waals surface area contributed by atoms with E-state index >= 15 is 0 Å². The summed E-state index contributed by atoms with van der Waals surface area (Å²) in [4.78, 5) is 18.0. The molecular weight excluding hydrogens is 404 g/mol. The summed E-state index contributed by atoms with van der Waals surface area (Å²) in [5, 5.41) is 23.7. The minimum atomic E-state index is -0.273. The molecule has 32 heavy (non-hydrogen) atoms. The molecule has 0 bridgehead atoms. The molecule has 5 rings (SSSR count). The van der Waals surface area contributed by atoms with Crippen molar-refractivity contribution in [3.05, 3.63) is 112 Å². The second-order valence-electron chi connectivity index (χ2n) is 7.58. The van der Waals surface area contributed by atoms with Gasteiger partial charge in [0, 0.05) is 18.2 Å². The van der Waals surface area contributed by atoms with Gasteiger partial charge < -0.3 is 10.2 Å². The Morgan fingerprint density at radius 2 is 1.44 bits per heavy atom. The fourth-order valence-corrected chi connectivity index (χ4v) is 3.64. The first-order valence-electron chi connectivity index (χ1n) is 10.2. The Hall–Kier alpha value is -4.39. The molecule has 2 N–H and O–H groups in total. The van der Waals surface area contributed by atoms with Gasteiger partial charge in [-0.2, -0.15) is 0 Å². The number of hydrogen-bond donors (Lipinski definition) is 2. The molecule has 0 aliphatic rings. The standard InChI is InChI=1S/C25H20N4O3/c30-20-10-6-18(7-11-20)15-29-25(32)28-16-23(19-8-12-21(31)13-9-19)26-22(24(28)27-29)14-17-4-2-1-3-5-17/h1-13,16,30-31H,14-15H2. The van der Waals surface area contributed by atoms with Gasteiger partial charge in [-0.05, 0) is 47.5 Å². The van der Waals surface area contributed by atoms with E-state index in [2.05, 4.69) is 5.10 Å². The fourth-order valence-electron chi connectivity index (χ4n) is 3.64. The van der Waals surface area contributed by atoms with E-state index in [9.17, 15) is 15.0 Å². The number of rotatable bonds is 5. The van der Waals surface area contributed by atoms with Crippen LogP contribution in [0.25, 0.3) is 16.9 Å². The van der Waals surface area contributed by atoms with Crippen LogP contribution in [0.15, 0.2) is 89.9 Å². The lowest BCUT2D eigenvalue weighted by Gasteiger charge is -2.07. The Kier molecular flexibility index (Phi) is 4.91. The van der Waals surface area contributed by atoms with Crippen molar-refractivity contribution in [1.29, 1.82) is 0 Å². The van der Waals surface area contributed by atoms with E-state index in [-0.39, 0.29) is 23.7 Å². The zero-order valence-corrected chi connectivity index (χ0v) is 17.1. The fraction of sp³-hybridized carbons (Fsp3) is 0.0800. The average molecular weight is 424 g/mol. The van der Waals surface area contributed by atoms with Crippen molar-refractivity contribution in [1.82, 2.24) is 19.2 Å². The van der Waals surface area contributed by atoms with Crippen LogP contribution in [-0.4, -0.2) is 29.4 Å². The van der Waals surface area contributed by atoms with Crippen molar-refractivity contribution in [2.24, 2.45) is 0 Å². The highest BCUT2D eigenvalue weighted by atomic mass is 16.3. The molecule has 7 nitrogen and oxygen atoms in total. The monoisotopic (exact) mass is 424 g/mol. The Bertz CT molecular complexity index is 1440. The van der Waals surface area contributed by atoms with Crippen molar-refractivity contribution in [3.8, 4) is 22.8 Å². The molecule has 2 heterocycles. The number of benzene rings is 3. The number of fused-ring (bicyclic) bond motifs is 1. The molecule has 0 radical (unpaired) electrons. The van der Waals surface area contributed by atoms with Gasteiger partial charge in [0.05, 0.1) is 17.9 Å². The van der Waals surface area contributed by atoms with Gasteiger partial charge in [0.15, 0.2) is 5.65 Å². The van der Waals surface area contributed by atoms with Gasteiger partial charge in [-0.1, -0.05) is 42.5 Å². The maximum Gasteiger partial charge on any atom is 0.350 e. The van der Waals surface area contributed by atoms with Crippen molar-refractivity contribution in [2.75, 3.05) is 0 Å². The van der Waals surface area contributed by atoms with Crippen LogP contribution < -0.4 is 5.69 Å². The van der Waals surface area contributed by atoms with E-state index in [1.165, 1.54) is 9.08 Å². The van der Waals surface area contributed by atoms with Gasteiger partial charge in [0.2, 0.25) is 0 Å². The van der Waals surface area contributed by atoms with Crippen molar-refractivity contribution in [3.63, 3.8) is 0 Å². The summed E-state index contributed by atoms with van der Waals surface area (Å²) in [7, 11) is 0. The van der Waals surface area contributed by atoms with E-state index < -0.39 is 0 Å². The van der Waals surface area contributed by atoms with Crippen LogP contribution in [0, 0.1) is 0 Å². The lowest BCUT2D eigenvalue weighted by atomic mass is 10.1. The van der Waals surface area contributed by atoms with E-state index in [0.717, 1.165) is 16.7 Å². The Balaban J connectivity index is 1.64. The largest absolute Gasteiger partial charge is 0.508 e. The molecule has 0 saturated carbocycles. The van der Waals surface area contributed by atoms with Gasteiger partial charge in [-0.15, -0.1) is 5.10 Å². The summed E-state index contributed by atoms with van der Waals surface area (Å²) in [6.45, 7) is 0.278. The summed E-state index contributed by atoms with van der Waals surface area (Å²) < 4.78 is 2.92. The third kappa shape index (κ3) is 3.83. The lowest BCUT2D eigenvalue weighted by Crippen LogP contribution is -2.21. The van der Waals surface area contributed by atoms with Crippen LogP contribution in [0.1, 0.15) is 16.8 Å². The maximum absolute atomic E-state index is 13.2. The summed E-state index contributed by atoms with van der Waals surface area (Å²) in [6, 6.07) is 23.3. The van der Waals surface area contributed by atoms with Gasteiger partial charge in [-0.25, -0.2) is 18.9 Å². The molecule has 0 amide bonds. The van der Waals surface area contributed by atoms with E-state index in [1.807, 2.05) is 30.3 Å². The molecule has 0 spiro atoms. The first kappa shape index (κ1) is 19.6. The quantitative estimate of drug-likeness (QED) is 0.450. The minimum absolute atomic E-state index is 0.165. The normalized spacial score (nSPS) is 11.1. The summed E-state index contributed by atoms with van der Waals surface area (Å²) in [5.41, 5.74) is 4.23. The second-order valence-corrected chi connectivity index (χ2v) is 7.58. The number of hydrogen-bond acceptors (Lipinski definition) is 5. The third-order valence-corrected chi connectivity index (χ3v) is 5.28. The Labute approximate surface area is 183 Å². The van der Waals surface area contributed by atoms with Crippen LogP contribution in [0.5, 0.6) is 11.5 Å². The van der Waals surface area contributed by atoms with E-state index in [1.54, 1.807) is 54.7 Å². The highest BCUT2D eigenvalue weighted by Gasteiger charge is 2.16. The van der Waals surface area contributed by atoms with Crippen molar-refractivity contribution < 1.29 is 10.2 Å². The minimum Gasteiger partial charge on any atom is -0.508 e. The highest BCUT2D eigenvalue weighted by Crippen LogP contribution is 2.22. The number of aromatic nitrogens is 4. The molecule has 158 valence electrons. The number of aromatic hydroxyl groups is 2. The van der Waals surface area contributed by atoms with Crippen LogP contribution in [0.4, 0.5) is 0 Å². The number of nitrogens with zero attached hydrogens (tertiary/aromatic N) is 4. The number of phenols is 2. The van der Waals surface area contributed by atoms with Crippen LogP contribution in [-0.2, 0) is 13.0 Å². The third-order valence-electron chi connectivity index (χ3n) is 5.28. The molecule has 0 saturated heterocycles. The molecule has 7 heteroatoms. The molecule has 0 unspecified atom stereocenters. The lowest BCUT2D eigenvalue weighted by molar-refractivity contribution is 0.474. The van der Waals surface area contributed by atoms with Gasteiger partial charge in [0.25, 0.3) is 0 Å². The summed E-state index contributed by atoms with van der Waals surface area (Å²) >= 11 is 0. The highest BCUT2D eigenvalue weighted by molar-refractivity contribution is 5.62. The van der Waals surface area contributed by atoms with E-state index in [0.29, 0.717) is 23.5 Å². The molecule has 0 atom stereocenters. The Morgan fingerprint density at radius 3 is 2.12 bits per heavy atom. The van der Waals surface area contributed by atoms with Crippen LogP contribution in [0.3, 0.4) is 0 Å². The summed E-state index contributed by atoms with van der Waals surface area (Å²) in [5.74, 6) is 0.335. The molecule has 3 aromatic carbocycles. The van der Waals surface area contributed by atoms with Crippen molar-refractivity contribution in [2.45, 2.75) is 13.0 Å². The predicted molar refractivity (Wildman–Crippen MR) is 121 cm³/mol. The van der Waals surface area contributed by atoms with Crippen LogP contribution >= 0.6 is 0 Å². The molecule has 5 aromatic rings. The maximum atomic E-state index is 13.2. The van der Waals surface area contributed by atoms with Crippen LogP contribution in [0.2, 0.25) is 0 Å². The smallest absolute Gasteiger partial charge is 0.350 e. The van der Waals surface area contributed by atoms with Gasteiger partial charge in [-0.3, -0.25) is 0 Å². The number of phenolic OH excluding ortho intramolecular Hbond substituents is 2. The zero-order chi connectivity index (χ0) is 22.1. The predicted octanol–water partition coefficient (Wildman–Crippen LogP) is 3.61. The SMILES string of the molecule is O=c1n(Cc2ccc(O)cc2)nc2c(Cc3ccccc3)nc(-c3ccc(O)cc3)cn12. The molecular formula is C25H20N4O3.